The van der Waals surface area contributed by atoms with Crippen LogP contribution in [0.5, 0.6) is 0 Å². The number of carbonyl (C=O) groups excluding carboxylic acids is 1. The Kier molecular flexibility index (Phi) is 3.45. The molecule has 88 valence electrons. The number of benzene rings is 1. The van der Waals surface area contributed by atoms with Crippen LogP contribution in [-0.2, 0) is 4.74 Å². The molecule has 1 heterocycles. The van der Waals surface area contributed by atoms with Gasteiger partial charge in [-0.05, 0) is 19.1 Å². The minimum absolute atomic E-state index is 0.353. The molecule has 1 aromatic carbocycles. The maximum absolute atomic E-state index is 11.5. The predicted molar refractivity (Wildman–Crippen MR) is 68.6 cm³/mol. The summed E-state index contributed by atoms with van der Waals surface area (Å²) < 4.78 is 4.70. The predicted octanol–water partition coefficient (Wildman–Crippen LogP) is 3.56. The lowest BCUT2D eigenvalue weighted by atomic mass is 10.2. The summed E-state index contributed by atoms with van der Waals surface area (Å²) in [5.41, 5.74) is 1.58. The van der Waals surface area contributed by atoms with E-state index in [2.05, 4.69) is 4.98 Å². The molecule has 0 saturated carbocycles. The van der Waals surface area contributed by atoms with Crippen molar-refractivity contribution in [2.24, 2.45) is 0 Å². The van der Waals surface area contributed by atoms with Crippen LogP contribution in [0.1, 0.15) is 15.4 Å². The van der Waals surface area contributed by atoms with Crippen molar-refractivity contribution in [2.75, 3.05) is 7.11 Å². The highest BCUT2D eigenvalue weighted by molar-refractivity contribution is 7.17. The maximum atomic E-state index is 11.5. The van der Waals surface area contributed by atoms with Crippen LogP contribution < -0.4 is 0 Å². The Labute approximate surface area is 108 Å². The van der Waals surface area contributed by atoms with E-state index in [-0.39, 0.29) is 5.97 Å². The zero-order valence-corrected chi connectivity index (χ0v) is 10.9. The molecule has 0 atom stereocenters. The summed E-state index contributed by atoms with van der Waals surface area (Å²) in [5.74, 6) is -0.353. The summed E-state index contributed by atoms with van der Waals surface area (Å²) in [6.45, 7) is 1.79. The number of aryl methyl sites for hydroxylation is 1. The maximum Gasteiger partial charge on any atom is 0.349 e. The van der Waals surface area contributed by atoms with Gasteiger partial charge >= 0.3 is 5.97 Å². The van der Waals surface area contributed by atoms with Gasteiger partial charge in [0.05, 0.1) is 12.8 Å². The van der Waals surface area contributed by atoms with Crippen LogP contribution in [0.2, 0.25) is 5.02 Å². The van der Waals surface area contributed by atoms with E-state index in [1.807, 2.05) is 18.2 Å². The van der Waals surface area contributed by atoms with Crippen molar-refractivity contribution in [3.05, 3.63) is 39.9 Å². The van der Waals surface area contributed by atoms with E-state index < -0.39 is 0 Å². The molecule has 0 unspecified atom stereocenters. The largest absolute Gasteiger partial charge is 0.465 e. The highest BCUT2D eigenvalue weighted by Gasteiger charge is 2.16. The van der Waals surface area contributed by atoms with E-state index in [1.54, 1.807) is 13.0 Å². The average Bonchev–Trinajstić information content (AvgIpc) is 2.70. The van der Waals surface area contributed by atoms with E-state index in [0.717, 1.165) is 10.6 Å². The second-order valence-corrected chi connectivity index (χ2v) is 4.87. The molecule has 2 rings (SSSR count). The number of thiazole rings is 1. The number of ether oxygens (including phenoxy) is 1. The highest BCUT2D eigenvalue weighted by Crippen LogP contribution is 2.29. The lowest BCUT2D eigenvalue weighted by Crippen LogP contribution is -1.99. The first-order valence-electron chi connectivity index (χ1n) is 4.93. The van der Waals surface area contributed by atoms with Crippen molar-refractivity contribution in [1.82, 2.24) is 4.98 Å². The highest BCUT2D eigenvalue weighted by atomic mass is 35.5. The van der Waals surface area contributed by atoms with Crippen LogP contribution in [0.25, 0.3) is 10.6 Å². The lowest BCUT2D eigenvalue weighted by Gasteiger charge is -1.95. The van der Waals surface area contributed by atoms with Gasteiger partial charge < -0.3 is 4.74 Å². The van der Waals surface area contributed by atoms with Crippen LogP contribution in [0.4, 0.5) is 0 Å². The van der Waals surface area contributed by atoms with E-state index in [1.165, 1.54) is 18.4 Å². The zero-order valence-electron chi connectivity index (χ0n) is 9.36. The number of carbonyl (C=O) groups is 1. The number of halogens is 1. The number of esters is 1. The molecular formula is C12H10ClNO2S. The Morgan fingerprint density at radius 1 is 1.47 bits per heavy atom. The standard InChI is InChI=1S/C12H10ClNO2S/c1-7-10(12(15)16-2)17-11(14-7)8-4-3-5-9(13)6-8/h3-6H,1-2H3. The molecule has 0 aliphatic carbocycles. The van der Waals surface area contributed by atoms with Crippen molar-refractivity contribution in [3.8, 4) is 10.6 Å². The van der Waals surface area contributed by atoms with E-state index >= 15 is 0 Å². The van der Waals surface area contributed by atoms with Crippen LogP contribution in [-0.4, -0.2) is 18.1 Å². The van der Waals surface area contributed by atoms with Crippen molar-refractivity contribution in [3.63, 3.8) is 0 Å². The fourth-order valence-electron chi connectivity index (χ4n) is 1.42. The molecule has 0 amide bonds. The molecule has 0 aliphatic rings. The second kappa shape index (κ2) is 4.85. The van der Waals surface area contributed by atoms with Gasteiger partial charge in [0.25, 0.3) is 0 Å². The van der Waals surface area contributed by atoms with E-state index in [4.69, 9.17) is 16.3 Å². The van der Waals surface area contributed by atoms with Gasteiger partial charge in [0, 0.05) is 10.6 Å². The number of methoxy groups -OCH3 is 1. The number of rotatable bonds is 2. The minimum atomic E-state index is -0.353. The quantitative estimate of drug-likeness (QED) is 0.781. The van der Waals surface area contributed by atoms with Gasteiger partial charge in [0.2, 0.25) is 0 Å². The van der Waals surface area contributed by atoms with Crippen LogP contribution in [0.3, 0.4) is 0 Å². The first kappa shape index (κ1) is 12.1. The van der Waals surface area contributed by atoms with Gasteiger partial charge in [-0.1, -0.05) is 23.7 Å². The van der Waals surface area contributed by atoms with Gasteiger partial charge in [-0.15, -0.1) is 11.3 Å². The summed E-state index contributed by atoms with van der Waals surface area (Å²) in [7, 11) is 1.36. The Morgan fingerprint density at radius 2 is 2.24 bits per heavy atom. The summed E-state index contributed by atoms with van der Waals surface area (Å²) in [5, 5.41) is 1.42. The monoisotopic (exact) mass is 267 g/mol. The van der Waals surface area contributed by atoms with Crippen LogP contribution in [0.15, 0.2) is 24.3 Å². The third-order valence-electron chi connectivity index (χ3n) is 2.24. The molecule has 5 heteroatoms. The van der Waals surface area contributed by atoms with E-state index in [0.29, 0.717) is 15.6 Å². The molecular weight excluding hydrogens is 258 g/mol. The van der Waals surface area contributed by atoms with Gasteiger partial charge in [-0.3, -0.25) is 0 Å². The number of hydrogen-bond donors (Lipinski definition) is 0. The van der Waals surface area contributed by atoms with Gasteiger partial charge in [0.15, 0.2) is 0 Å². The first-order chi connectivity index (χ1) is 8.11. The molecule has 0 bridgehead atoms. The first-order valence-corrected chi connectivity index (χ1v) is 6.13. The lowest BCUT2D eigenvalue weighted by molar-refractivity contribution is 0.0605. The third kappa shape index (κ3) is 2.48. The summed E-state index contributed by atoms with van der Waals surface area (Å²) >= 11 is 7.23. The smallest absolute Gasteiger partial charge is 0.349 e. The molecule has 0 aliphatic heterocycles. The minimum Gasteiger partial charge on any atom is -0.465 e. The normalized spacial score (nSPS) is 10.3. The molecule has 0 fully saturated rings. The molecule has 1 aromatic heterocycles. The van der Waals surface area contributed by atoms with E-state index in [9.17, 15) is 4.79 Å². The summed E-state index contributed by atoms with van der Waals surface area (Å²) in [4.78, 5) is 16.3. The van der Waals surface area contributed by atoms with Gasteiger partial charge in [-0.25, -0.2) is 9.78 Å². The fourth-order valence-corrected chi connectivity index (χ4v) is 2.59. The molecule has 0 N–H and O–H groups in total. The molecule has 3 nitrogen and oxygen atoms in total. The van der Waals surface area contributed by atoms with Crippen molar-refractivity contribution >= 4 is 28.9 Å². The zero-order chi connectivity index (χ0) is 12.4. The fraction of sp³-hybridized carbons (Fsp3) is 0.167. The molecule has 0 spiro atoms. The Hall–Kier alpha value is -1.39. The SMILES string of the molecule is COC(=O)c1sc(-c2cccc(Cl)c2)nc1C. The summed E-state index contributed by atoms with van der Waals surface area (Å²) in [6.07, 6.45) is 0. The Bertz CT molecular complexity index is 565. The summed E-state index contributed by atoms with van der Waals surface area (Å²) in [6, 6.07) is 7.38. The molecule has 17 heavy (non-hydrogen) atoms. The molecule has 0 saturated heterocycles. The number of aromatic nitrogens is 1. The third-order valence-corrected chi connectivity index (χ3v) is 3.66. The van der Waals surface area contributed by atoms with Crippen LogP contribution >= 0.6 is 22.9 Å². The average molecular weight is 268 g/mol. The molecule has 2 aromatic rings. The van der Waals surface area contributed by atoms with Crippen molar-refractivity contribution in [1.29, 1.82) is 0 Å². The van der Waals surface area contributed by atoms with Crippen molar-refractivity contribution < 1.29 is 9.53 Å². The van der Waals surface area contributed by atoms with Crippen LogP contribution in [0, 0.1) is 6.92 Å². The van der Waals surface area contributed by atoms with Gasteiger partial charge in [-0.2, -0.15) is 0 Å². The Morgan fingerprint density at radius 3 is 2.88 bits per heavy atom. The topological polar surface area (TPSA) is 39.2 Å². The van der Waals surface area contributed by atoms with Crippen molar-refractivity contribution in [2.45, 2.75) is 6.92 Å². The Balaban J connectivity index is 2.44. The molecule has 0 radical (unpaired) electrons. The number of nitrogens with zero attached hydrogens (tertiary/aromatic N) is 1. The second-order valence-electron chi connectivity index (χ2n) is 3.44. The van der Waals surface area contributed by atoms with Gasteiger partial charge in [0.1, 0.15) is 9.88 Å². The number of hydrogen-bond acceptors (Lipinski definition) is 4.